The summed E-state index contributed by atoms with van der Waals surface area (Å²) in [6.07, 6.45) is 0. The quantitative estimate of drug-likeness (QED) is 0.390. The van der Waals surface area contributed by atoms with Gasteiger partial charge in [0.2, 0.25) is 0 Å². The molecule has 1 aromatic heterocycles. The molecule has 8 heteroatoms. The molecule has 0 bridgehead atoms. The molecule has 2 N–H and O–H groups in total. The molecule has 2 amide bonds. The molecule has 1 heterocycles. The normalized spacial score (nSPS) is 10.4. The topological polar surface area (TPSA) is 89.6 Å². The summed E-state index contributed by atoms with van der Waals surface area (Å²) in [5.74, 6) is 0.711. The molecule has 0 fully saturated rings. The zero-order valence-corrected chi connectivity index (χ0v) is 18.8. The summed E-state index contributed by atoms with van der Waals surface area (Å²) in [6.45, 7) is 0. The summed E-state index contributed by atoms with van der Waals surface area (Å²) >= 11 is 1.32. The summed E-state index contributed by atoms with van der Waals surface area (Å²) in [5, 5.41) is 8.03. The Kier molecular flexibility index (Phi) is 6.66. The maximum absolute atomic E-state index is 12.6. The summed E-state index contributed by atoms with van der Waals surface area (Å²) in [6, 6.07) is 21.2. The SMILES string of the molecule is COc1cccc(C(=O)Nc2cccc(-c3csc(NC(=O)c4cccc(OC)c4)n3)c2)c1. The lowest BCUT2D eigenvalue weighted by Gasteiger charge is -2.08. The van der Waals surface area contributed by atoms with Crippen LogP contribution in [0.1, 0.15) is 20.7 Å². The second-order valence-electron chi connectivity index (χ2n) is 6.99. The number of nitrogens with zero attached hydrogens (tertiary/aromatic N) is 1. The number of carbonyl (C=O) groups excluding carboxylic acids is 2. The Labute approximate surface area is 195 Å². The van der Waals surface area contributed by atoms with E-state index in [9.17, 15) is 9.59 Å². The Morgan fingerprint density at radius 1 is 0.788 bits per heavy atom. The van der Waals surface area contributed by atoms with E-state index >= 15 is 0 Å². The highest BCUT2D eigenvalue weighted by atomic mass is 32.1. The van der Waals surface area contributed by atoms with Crippen molar-refractivity contribution in [1.29, 1.82) is 0 Å². The summed E-state index contributed by atoms with van der Waals surface area (Å²) in [4.78, 5) is 29.6. The summed E-state index contributed by atoms with van der Waals surface area (Å²) < 4.78 is 10.3. The molecule has 0 spiro atoms. The van der Waals surface area contributed by atoms with E-state index in [1.165, 1.54) is 11.3 Å². The Bertz CT molecular complexity index is 1300. The van der Waals surface area contributed by atoms with Crippen LogP contribution in [0.3, 0.4) is 0 Å². The summed E-state index contributed by atoms with van der Waals surface area (Å²) in [7, 11) is 3.11. The van der Waals surface area contributed by atoms with Crippen molar-refractivity contribution in [3.05, 3.63) is 89.3 Å². The molecule has 0 aliphatic heterocycles. The van der Waals surface area contributed by atoms with E-state index in [1.54, 1.807) is 68.8 Å². The Balaban J connectivity index is 1.46. The number of amides is 2. The first kappa shape index (κ1) is 22.0. The van der Waals surface area contributed by atoms with Crippen LogP contribution in [0.2, 0.25) is 0 Å². The lowest BCUT2D eigenvalue weighted by molar-refractivity contribution is 0.101. The second kappa shape index (κ2) is 9.97. The van der Waals surface area contributed by atoms with Crippen molar-refractivity contribution in [2.75, 3.05) is 24.9 Å². The number of ether oxygens (including phenoxy) is 2. The fraction of sp³-hybridized carbons (Fsp3) is 0.0800. The van der Waals surface area contributed by atoms with Crippen LogP contribution >= 0.6 is 11.3 Å². The van der Waals surface area contributed by atoms with Gasteiger partial charge >= 0.3 is 0 Å². The van der Waals surface area contributed by atoms with Crippen LogP contribution in [-0.4, -0.2) is 31.0 Å². The number of anilines is 2. The number of methoxy groups -OCH3 is 2. The van der Waals surface area contributed by atoms with E-state index in [-0.39, 0.29) is 11.8 Å². The van der Waals surface area contributed by atoms with Crippen LogP contribution < -0.4 is 20.1 Å². The van der Waals surface area contributed by atoms with Crippen molar-refractivity contribution in [2.45, 2.75) is 0 Å². The van der Waals surface area contributed by atoms with Crippen LogP contribution in [0.15, 0.2) is 78.2 Å². The predicted molar refractivity (Wildman–Crippen MR) is 129 cm³/mol. The minimum atomic E-state index is -0.269. The average Bonchev–Trinajstić information content (AvgIpc) is 3.32. The highest BCUT2D eigenvalue weighted by Gasteiger charge is 2.12. The van der Waals surface area contributed by atoms with Gasteiger partial charge in [0.05, 0.1) is 19.9 Å². The Morgan fingerprint density at radius 3 is 2.03 bits per heavy atom. The molecule has 0 radical (unpaired) electrons. The van der Waals surface area contributed by atoms with Gasteiger partial charge in [-0.1, -0.05) is 24.3 Å². The molecule has 0 aliphatic carbocycles. The first-order valence-corrected chi connectivity index (χ1v) is 10.9. The smallest absolute Gasteiger partial charge is 0.257 e. The zero-order chi connectivity index (χ0) is 23.2. The number of thiazole rings is 1. The van der Waals surface area contributed by atoms with Gasteiger partial charge in [0.25, 0.3) is 11.8 Å². The molecule has 7 nitrogen and oxygen atoms in total. The van der Waals surface area contributed by atoms with Crippen molar-refractivity contribution in [3.63, 3.8) is 0 Å². The molecule has 4 aromatic rings. The van der Waals surface area contributed by atoms with E-state index in [0.29, 0.717) is 39.1 Å². The summed E-state index contributed by atoms with van der Waals surface area (Å²) in [5.41, 5.74) is 3.12. The van der Waals surface area contributed by atoms with Gasteiger partial charge < -0.3 is 14.8 Å². The molecule has 0 atom stereocenters. The van der Waals surface area contributed by atoms with Gasteiger partial charge in [0.15, 0.2) is 5.13 Å². The zero-order valence-electron chi connectivity index (χ0n) is 18.0. The van der Waals surface area contributed by atoms with Crippen LogP contribution in [0, 0.1) is 0 Å². The maximum Gasteiger partial charge on any atom is 0.257 e. The lowest BCUT2D eigenvalue weighted by Crippen LogP contribution is -2.12. The molecule has 33 heavy (non-hydrogen) atoms. The number of hydrogen-bond acceptors (Lipinski definition) is 6. The van der Waals surface area contributed by atoms with E-state index < -0.39 is 0 Å². The fourth-order valence-corrected chi connectivity index (χ4v) is 3.84. The van der Waals surface area contributed by atoms with Gasteiger partial charge in [-0.15, -0.1) is 11.3 Å². The lowest BCUT2D eigenvalue weighted by atomic mass is 10.1. The third kappa shape index (κ3) is 5.36. The number of carbonyl (C=O) groups is 2. The van der Waals surface area contributed by atoms with Crippen molar-refractivity contribution in [1.82, 2.24) is 4.98 Å². The highest BCUT2D eigenvalue weighted by Crippen LogP contribution is 2.27. The predicted octanol–water partition coefficient (Wildman–Crippen LogP) is 5.33. The number of benzene rings is 3. The number of aromatic nitrogens is 1. The first-order chi connectivity index (χ1) is 16.1. The highest BCUT2D eigenvalue weighted by molar-refractivity contribution is 7.14. The Morgan fingerprint density at radius 2 is 1.39 bits per heavy atom. The molecular weight excluding hydrogens is 438 g/mol. The second-order valence-corrected chi connectivity index (χ2v) is 7.85. The number of rotatable bonds is 7. The van der Waals surface area contributed by atoms with Gasteiger partial charge in [-0.05, 0) is 48.5 Å². The van der Waals surface area contributed by atoms with Crippen LogP contribution in [0.5, 0.6) is 11.5 Å². The minimum Gasteiger partial charge on any atom is -0.497 e. The van der Waals surface area contributed by atoms with Gasteiger partial charge in [-0.25, -0.2) is 4.98 Å². The average molecular weight is 460 g/mol. The fourth-order valence-electron chi connectivity index (χ4n) is 3.12. The molecule has 166 valence electrons. The van der Waals surface area contributed by atoms with Crippen molar-refractivity contribution in [3.8, 4) is 22.8 Å². The molecular formula is C25H21N3O4S. The number of nitrogens with one attached hydrogen (secondary N) is 2. The molecule has 4 rings (SSSR count). The van der Waals surface area contributed by atoms with Gasteiger partial charge in [0, 0.05) is 27.8 Å². The van der Waals surface area contributed by atoms with Gasteiger partial charge in [-0.3, -0.25) is 14.9 Å². The molecule has 0 saturated heterocycles. The third-order valence-corrected chi connectivity index (χ3v) is 5.56. The standard InChI is InChI=1S/C25H21N3O4S/c1-31-20-10-4-7-17(13-20)23(29)26-19-9-3-6-16(12-19)22-15-33-25(27-22)28-24(30)18-8-5-11-21(14-18)32-2/h3-15H,1-2H3,(H,26,29)(H,27,28,30). The van der Waals surface area contributed by atoms with Crippen LogP contribution in [-0.2, 0) is 0 Å². The van der Waals surface area contributed by atoms with Crippen LogP contribution in [0.25, 0.3) is 11.3 Å². The van der Waals surface area contributed by atoms with Crippen molar-refractivity contribution in [2.24, 2.45) is 0 Å². The third-order valence-electron chi connectivity index (χ3n) is 4.80. The van der Waals surface area contributed by atoms with Gasteiger partial charge in [0.1, 0.15) is 11.5 Å². The van der Waals surface area contributed by atoms with E-state index in [0.717, 1.165) is 5.56 Å². The monoisotopic (exact) mass is 459 g/mol. The molecule has 0 aliphatic rings. The maximum atomic E-state index is 12.6. The first-order valence-electron chi connectivity index (χ1n) is 10.0. The van der Waals surface area contributed by atoms with Crippen molar-refractivity contribution >= 4 is 34.0 Å². The van der Waals surface area contributed by atoms with Gasteiger partial charge in [-0.2, -0.15) is 0 Å². The van der Waals surface area contributed by atoms with Crippen molar-refractivity contribution < 1.29 is 19.1 Å². The molecule has 3 aromatic carbocycles. The van der Waals surface area contributed by atoms with Crippen LogP contribution in [0.4, 0.5) is 10.8 Å². The molecule has 0 saturated carbocycles. The van der Waals surface area contributed by atoms with E-state index in [4.69, 9.17) is 9.47 Å². The number of hydrogen-bond donors (Lipinski definition) is 2. The Hall–Kier alpha value is -4.17. The molecule has 0 unspecified atom stereocenters. The van der Waals surface area contributed by atoms with E-state index in [2.05, 4.69) is 15.6 Å². The largest absolute Gasteiger partial charge is 0.497 e. The minimum absolute atomic E-state index is 0.240. The van der Waals surface area contributed by atoms with E-state index in [1.807, 2.05) is 23.6 Å².